The van der Waals surface area contributed by atoms with Gasteiger partial charge in [0.25, 0.3) is 5.91 Å². The number of methoxy groups -OCH3 is 1. The number of para-hydroxylation sites is 1. The summed E-state index contributed by atoms with van der Waals surface area (Å²) in [6.07, 6.45) is 5.63. The third-order valence-corrected chi connectivity index (χ3v) is 7.39. The summed E-state index contributed by atoms with van der Waals surface area (Å²) in [5.74, 6) is -0.0689. The summed E-state index contributed by atoms with van der Waals surface area (Å²) in [5, 5.41) is 3.14. The fourth-order valence-corrected chi connectivity index (χ4v) is 5.81. The van der Waals surface area contributed by atoms with Gasteiger partial charge in [0.1, 0.15) is 18.1 Å². The number of nitrogens with one attached hydrogen (secondary N) is 1. The molecule has 0 radical (unpaired) electrons. The number of fused-ring (bicyclic) bond motifs is 1. The monoisotopic (exact) mass is 454 g/mol. The van der Waals surface area contributed by atoms with Gasteiger partial charge in [0, 0.05) is 29.0 Å². The van der Waals surface area contributed by atoms with E-state index in [0.29, 0.717) is 22.8 Å². The van der Waals surface area contributed by atoms with Crippen LogP contribution in [0.2, 0.25) is 0 Å². The minimum atomic E-state index is -0.361. The number of amides is 2. The van der Waals surface area contributed by atoms with Crippen LogP contribution in [0.3, 0.4) is 0 Å². The normalized spacial score (nSPS) is 21.9. The van der Waals surface area contributed by atoms with Crippen LogP contribution in [0.15, 0.2) is 53.4 Å². The SMILES string of the molecule is COc1ccccc1CNC(=O)CN1C(=O)/C(=C/c2ccccc2F)SC2CCCCC21. The molecule has 2 unspecified atom stereocenters. The van der Waals surface area contributed by atoms with Gasteiger partial charge in [-0.25, -0.2) is 4.39 Å². The highest BCUT2D eigenvalue weighted by molar-refractivity contribution is 8.04. The van der Waals surface area contributed by atoms with Crippen molar-refractivity contribution in [1.82, 2.24) is 10.2 Å². The fourth-order valence-electron chi connectivity index (χ4n) is 4.35. The van der Waals surface area contributed by atoms with Gasteiger partial charge in [-0.2, -0.15) is 0 Å². The second-order valence-corrected chi connectivity index (χ2v) is 9.34. The van der Waals surface area contributed by atoms with Crippen LogP contribution in [0.25, 0.3) is 6.08 Å². The second kappa shape index (κ2) is 10.2. The summed E-state index contributed by atoms with van der Waals surface area (Å²) >= 11 is 1.53. The first-order valence-electron chi connectivity index (χ1n) is 10.9. The van der Waals surface area contributed by atoms with E-state index in [1.54, 1.807) is 36.3 Å². The van der Waals surface area contributed by atoms with Crippen molar-refractivity contribution in [3.63, 3.8) is 0 Å². The molecule has 2 aromatic carbocycles. The van der Waals surface area contributed by atoms with Crippen molar-refractivity contribution in [1.29, 1.82) is 0 Å². The Morgan fingerprint density at radius 2 is 1.94 bits per heavy atom. The standard InChI is InChI=1S/C25H27FN2O3S/c1-31-21-12-6-3-9-18(21)15-27-24(29)16-28-20-11-5-7-13-22(20)32-23(25(28)30)14-17-8-2-4-10-19(17)26/h2-4,6,8-10,12,14,20,22H,5,7,11,13,15-16H2,1H3,(H,27,29)/b23-14-. The molecule has 2 amide bonds. The molecule has 32 heavy (non-hydrogen) atoms. The first-order valence-corrected chi connectivity index (χ1v) is 11.8. The average molecular weight is 455 g/mol. The van der Waals surface area contributed by atoms with E-state index in [0.717, 1.165) is 31.2 Å². The molecule has 4 rings (SSSR count). The highest BCUT2D eigenvalue weighted by Crippen LogP contribution is 2.42. The summed E-state index contributed by atoms with van der Waals surface area (Å²) in [6, 6.07) is 14.0. The minimum absolute atomic E-state index is 0.00960. The highest BCUT2D eigenvalue weighted by atomic mass is 32.2. The zero-order chi connectivity index (χ0) is 22.5. The van der Waals surface area contributed by atoms with Gasteiger partial charge < -0.3 is 15.0 Å². The molecule has 0 spiro atoms. The maximum absolute atomic E-state index is 14.2. The first-order chi connectivity index (χ1) is 15.6. The first kappa shape index (κ1) is 22.4. The van der Waals surface area contributed by atoms with Crippen LogP contribution in [0.1, 0.15) is 36.8 Å². The van der Waals surface area contributed by atoms with Gasteiger partial charge in [-0.15, -0.1) is 11.8 Å². The van der Waals surface area contributed by atoms with Gasteiger partial charge in [0.2, 0.25) is 5.91 Å². The Balaban J connectivity index is 1.50. The lowest BCUT2D eigenvalue weighted by Crippen LogP contribution is -2.54. The smallest absolute Gasteiger partial charge is 0.261 e. The molecule has 2 aliphatic rings. The van der Waals surface area contributed by atoms with Gasteiger partial charge in [-0.3, -0.25) is 9.59 Å². The van der Waals surface area contributed by atoms with Crippen LogP contribution in [-0.2, 0) is 16.1 Å². The Kier molecular flexibility index (Phi) is 7.15. The molecule has 0 aromatic heterocycles. The molecule has 7 heteroatoms. The minimum Gasteiger partial charge on any atom is -0.496 e. The number of nitrogens with zero attached hydrogens (tertiary/aromatic N) is 1. The largest absolute Gasteiger partial charge is 0.496 e. The molecule has 1 aliphatic carbocycles. The average Bonchev–Trinajstić information content (AvgIpc) is 2.82. The summed E-state index contributed by atoms with van der Waals surface area (Å²) < 4.78 is 19.5. The molecule has 5 nitrogen and oxygen atoms in total. The lowest BCUT2D eigenvalue weighted by molar-refractivity contribution is -0.135. The molecule has 1 saturated heterocycles. The number of ether oxygens (including phenoxy) is 1. The molecular weight excluding hydrogens is 427 g/mol. The topological polar surface area (TPSA) is 58.6 Å². The molecule has 168 valence electrons. The van der Waals surface area contributed by atoms with E-state index in [4.69, 9.17) is 4.74 Å². The number of carbonyl (C=O) groups is 2. The Labute approximate surface area is 192 Å². The van der Waals surface area contributed by atoms with Crippen molar-refractivity contribution in [2.45, 2.75) is 43.5 Å². The molecule has 2 aromatic rings. The van der Waals surface area contributed by atoms with Crippen molar-refractivity contribution in [2.75, 3.05) is 13.7 Å². The zero-order valence-corrected chi connectivity index (χ0v) is 18.9. The molecule has 1 aliphatic heterocycles. The molecule has 1 saturated carbocycles. The van der Waals surface area contributed by atoms with E-state index in [1.165, 1.54) is 17.8 Å². The lowest BCUT2D eigenvalue weighted by Gasteiger charge is -2.43. The van der Waals surface area contributed by atoms with Gasteiger partial charge in [0.15, 0.2) is 0 Å². The maximum Gasteiger partial charge on any atom is 0.261 e. The summed E-state index contributed by atoms with van der Waals surface area (Å²) in [4.78, 5) is 28.3. The van der Waals surface area contributed by atoms with E-state index in [9.17, 15) is 14.0 Å². The quantitative estimate of drug-likeness (QED) is 0.659. The molecule has 2 fully saturated rings. The van der Waals surface area contributed by atoms with Gasteiger partial charge in [-0.05, 0) is 31.1 Å². The predicted molar refractivity (Wildman–Crippen MR) is 125 cm³/mol. The third kappa shape index (κ3) is 4.99. The molecular formula is C25H27FN2O3S. The molecule has 0 bridgehead atoms. The zero-order valence-electron chi connectivity index (χ0n) is 18.1. The number of halogens is 1. The van der Waals surface area contributed by atoms with Crippen LogP contribution in [-0.4, -0.2) is 41.7 Å². The number of carbonyl (C=O) groups excluding carboxylic acids is 2. The van der Waals surface area contributed by atoms with E-state index in [2.05, 4.69) is 5.32 Å². The second-order valence-electron chi connectivity index (χ2n) is 8.06. The van der Waals surface area contributed by atoms with E-state index >= 15 is 0 Å². The van der Waals surface area contributed by atoms with Crippen LogP contribution in [0, 0.1) is 5.82 Å². The van der Waals surface area contributed by atoms with Crippen molar-refractivity contribution in [3.8, 4) is 5.75 Å². The van der Waals surface area contributed by atoms with Crippen LogP contribution >= 0.6 is 11.8 Å². The lowest BCUT2D eigenvalue weighted by atomic mass is 9.93. The fraction of sp³-hybridized carbons (Fsp3) is 0.360. The number of hydrogen-bond acceptors (Lipinski definition) is 4. The highest BCUT2D eigenvalue weighted by Gasteiger charge is 2.41. The Morgan fingerprint density at radius 1 is 1.19 bits per heavy atom. The summed E-state index contributed by atoms with van der Waals surface area (Å²) in [5.41, 5.74) is 1.26. The molecule has 1 N–H and O–H groups in total. The van der Waals surface area contributed by atoms with Gasteiger partial charge in [-0.1, -0.05) is 49.2 Å². The Bertz CT molecular complexity index is 1030. The van der Waals surface area contributed by atoms with Crippen molar-refractivity contribution < 1.29 is 18.7 Å². The van der Waals surface area contributed by atoms with Crippen LogP contribution in [0.5, 0.6) is 5.75 Å². The summed E-state index contributed by atoms with van der Waals surface area (Å²) in [6.45, 7) is 0.315. The Morgan fingerprint density at radius 3 is 2.75 bits per heavy atom. The third-order valence-electron chi connectivity index (χ3n) is 5.99. The number of thioether (sulfide) groups is 1. The van der Waals surface area contributed by atoms with Crippen molar-refractivity contribution in [2.24, 2.45) is 0 Å². The summed E-state index contributed by atoms with van der Waals surface area (Å²) in [7, 11) is 1.59. The van der Waals surface area contributed by atoms with E-state index < -0.39 is 0 Å². The number of hydrogen-bond donors (Lipinski definition) is 1. The predicted octanol–water partition coefficient (Wildman–Crippen LogP) is 4.38. The number of rotatable bonds is 6. The van der Waals surface area contributed by atoms with Gasteiger partial charge in [0.05, 0.1) is 12.0 Å². The number of benzene rings is 2. The van der Waals surface area contributed by atoms with Crippen LogP contribution < -0.4 is 10.1 Å². The van der Waals surface area contributed by atoms with Crippen molar-refractivity contribution >= 4 is 29.7 Å². The Hall–Kier alpha value is -2.80. The molecule has 1 heterocycles. The maximum atomic E-state index is 14.2. The van der Waals surface area contributed by atoms with Crippen molar-refractivity contribution in [3.05, 3.63) is 70.4 Å². The van der Waals surface area contributed by atoms with Crippen LogP contribution in [0.4, 0.5) is 4.39 Å². The molecule has 2 atom stereocenters. The van der Waals surface area contributed by atoms with Gasteiger partial charge >= 0.3 is 0 Å². The van der Waals surface area contributed by atoms with E-state index in [1.807, 2.05) is 24.3 Å². The van der Waals surface area contributed by atoms with E-state index in [-0.39, 0.29) is 35.5 Å².